The number of nitrogens with one attached hydrogen (secondary N) is 1. The van der Waals surface area contributed by atoms with Crippen molar-refractivity contribution in [2.75, 3.05) is 19.0 Å². The first-order valence-corrected chi connectivity index (χ1v) is 6.82. The number of nitro benzene ring substituents is 1. The van der Waals surface area contributed by atoms with Gasteiger partial charge in [0, 0.05) is 37.5 Å². The lowest BCUT2D eigenvalue weighted by atomic mass is 10.2. The highest BCUT2D eigenvalue weighted by Gasteiger charge is 2.08. The van der Waals surface area contributed by atoms with Crippen molar-refractivity contribution < 1.29 is 9.72 Å². The lowest BCUT2D eigenvalue weighted by Crippen LogP contribution is -2.17. The van der Waals surface area contributed by atoms with E-state index in [1.54, 1.807) is 0 Å². The average molecular weight is 312 g/mol. The lowest BCUT2D eigenvalue weighted by Gasteiger charge is -2.11. The van der Waals surface area contributed by atoms with Gasteiger partial charge < -0.3 is 4.90 Å². The molecule has 0 fully saturated rings. The van der Waals surface area contributed by atoms with Crippen LogP contribution in [0.25, 0.3) is 0 Å². The normalized spacial score (nSPS) is 10.5. The van der Waals surface area contributed by atoms with Gasteiger partial charge in [0.2, 0.25) is 0 Å². The number of nitrogens with zero attached hydrogens (tertiary/aromatic N) is 3. The van der Waals surface area contributed by atoms with E-state index in [4.69, 9.17) is 0 Å². The molecule has 1 N–H and O–H groups in total. The van der Waals surface area contributed by atoms with Gasteiger partial charge in [0.25, 0.3) is 11.6 Å². The minimum absolute atomic E-state index is 0.0639. The summed E-state index contributed by atoms with van der Waals surface area (Å²) < 4.78 is 0. The third kappa shape index (κ3) is 4.37. The maximum absolute atomic E-state index is 11.9. The molecule has 0 radical (unpaired) electrons. The van der Waals surface area contributed by atoms with E-state index in [1.807, 2.05) is 43.3 Å². The Morgan fingerprint density at radius 2 is 1.74 bits per heavy atom. The average Bonchev–Trinajstić information content (AvgIpc) is 2.55. The minimum atomic E-state index is -0.517. The fourth-order valence-electron chi connectivity index (χ4n) is 1.82. The molecule has 0 aromatic heterocycles. The molecule has 1 amide bonds. The first kappa shape index (κ1) is 16.2. The highest BCUT2D eigenvalue weighted by molar-refractivity contribution is 5.95. The molecule has 0 saturated carbocycles. The summed E-state index contributed by atoms with van der Waals surface area (Å²) in [4.78, 5) is 23.9. The van der Waals surface area contributed by atoms with Crippen molar-refractivity contribution in [3.05, 3.63) is 69.8 Å². The third-order valence-electron chi connectivity index (χ3n) is 3.13. The van der Waals surface area contributed by atoms with E-state index in [0.717, 1.165) is 11.3 Å². The Labute approximate surface area is 133 Å². The zero-order valence-corrected chi connectivity index (χ0v) is 12.8. The highest BCUT2D eigenvalue weighted by Crippen LogP contribution is 2.12. The van der Waals surface area contributed by atoms with Crippen LogP contribution in [0.3, 0.4) is 0 Å². The van der Waals surface area contributed by atoms with Crippen LogP contribution in [0.2, 0.25) is 0 Å². The molecule has 0 spiro atoms. The summed E-state index contributed by atoms with van der Waals surface area (Å²) in [6.07, 6.45) is 1.53. The molecule has 0 aliphatic rings. The molecule has 7 heteroatoms. The number of carbonyl (C=O) groups excluding carboxylic acids is 1. The predicted octanol–water partition coefficient (Wildman–Crippen LogP) is 2.42. The molecule has 2 aromatic rings. The van der Waals surface area contributed by atoms with Gasteiger partial charge in [-0.1, -0.05) is 12.1 Å². The van der Waals surface area contributed by atoms with Gasteiger partial charge in [0.05, 0.1) is 11.1 Å². The zero-order chi connectivity index (χ0) is 16.8. The van der Waals surface area contributed by atoms with Crippen LogP contribution >= 0.6 is 0 Å². The quantitative estimate of drug-likeness (QED) is 0.522. The van der Waals surface area contributed by atoms with Gasteiger partial charge in [0.15, 0.2) is 0 Å². The van der Waals surface area contributed by atoms with E-state index < -0.39 is 10.8 Å². The van der Waals surface area contributed by atoms with E-state index in [0.29, 0.717) is 5.56 Å². The standard InChI is InChI=1S/C16H16N4O3/c1-19(2)14-7-3-12(4-8-14)11-17-18-16(21)13-5-9-15(10-6-13)20(22)23/h3-11H,1-2H3,(H,18,21)/b17-11-. The van der Waals surface area contributed by atoms with E-state index in [-0.39, 0.29) is 5.69 Å². The van der Waals surface area contributed by atoms with E-state index in [9.17, 15) is 14.9 Å². The summed E-state index contributed by atoms with van der Waals surface area (Å²) in [5, 5.41) is 14.4. The van der Waals surface area contributed by atoms with Crippen molar-refractivity contribution in [2.45, 2.75) is 0 Å². The van der Waals surface area contributed by atoms with Crippen LogP contribution in [0, 0.1) is 10.1 Å². The summed E-state index contributed by atoms with van der Waals surface area (Å²) >= 11 is 0. The molecule has 0 saturated heterocycles. The van der Waals surface area contributed by atoms with Gasteiger partial charge in [-0.15, -0.1) is 0 Å². The third-order valence-corrected chi connectivity index (χ3v) is 3.13. The maximum Gasteiger partial charge on any atom is 0.271 e. The number of amides is 1. The Morgan fingerprint density at radius 1 is 1.13 bits per heavy atom. The number of hydrazone groups is 1. The van der Waals surface area contributed by atoms with E-state index in [2.05, 4.69) is 10.5 Å². The molecule has 0 aliphatic carbocycles. The van der Waals surface area contributed by atoms with Gasteiger partial charge in [-0.25, -0.2) is 5.43 Å². The van der Waals surface area contributed by atoms with Crippen LogP contribution < -0.4 is 10.3 Å². The second-order valence-electron chi connectivity index (χ2n) is 4.99. The highest BCUT2D eigenvalue weighted by atomic mass is 16.6. The molecule has 2 aromatic carbocycles. The maximum atomic E-state index is 11.9. The monoisotopic (exact) mass is 312 g/mol. The van der Waals surface area contributed by atoms with Crippen molar-refractivity contribution in [1.29, 1.82) is 0 Å². The molecule has 0 atom stereocenters. The number of anilines is 1. The van der Waals surface area contributed by atoms with E-state index >= 15 is 0 Å². The fourth-order valence-corrected chi connectivity index (χ4v) is 1.82. The Bertz CT molecular complexity index is 722. The number of hydrogen-bond acceptors (Lipinski definition) is 5. The predicted molar refractivity (Wildman–Crippen MR) is 88.9 cm³/mol. The number of benzene rings is 2. The van der Waals surface area contributed by atoms with Crippen molar-refractivity contribution >= 4 is 23.5 Å². The topological polar surface area (TPSA) is 87.8 Å². The van der Waals surface area contributed by atoms with Crippen LogP contribution in [0.4, 0.5) is 11.4 Å². The second-order valence-corrected chi connectivity index (χ2v) is 4.99. The Hall–Kier alpha value is -3.22. The number of rotatable bonds is 5. The van der Waals surface area contributed by atoms with Gasteiger partial charge in [-0.2, -0.15) is 5.10 Å². The number of hydrogen-bond donors (Lipinski definition) is 1. The van der Waals surface area contributed by atoms with Crippen molar-refractivity contribution in [1.82, 2.24) is 5.43 Å². The SMILES string of the molecule is CN(C)c1ccc(/C=N\NC(=O)c2ccc([N+](=O)[O-])cc2)cc1. The molecular formula is C16H16N4O3. The lowest BCUT2D eigenvalue weighted by molar-refractivity contribution is -0.384. The number of carbonyl (C=O) groups is 1. The van der Waals surface area contributed by atoms with Gasteiger partial charge in [0.1, 0.15) is 0 Å². The summed E-state index contributed by atoms with van der Waals surface area (Å²) in [7, 11) is 3.90. The fraction of sp³-hybridized carbons (Fsp3) is 0.125. The zero-order valence-electron chi connectivity index (χ0n) is 12.8. The van der Waals surface area contributed by atoms with Crippen molar-refractivity contribution in [3.8, 4) is 0 Å². The Kier molecular flexibility index (Phi) is 5.03. The van der Waals surface area contributed by atoms with Crippen LogP contribution in [0.15, 0.2) is 53.6 Å². The summed E-state index contributed by atoms with van der Waals surface area (Å²) in [5.74, 6) is -0.430. The molecule has 23 heavy (non-hydrogen) atoms. The van der Waals surface area contributed by atoms with Crippen molar-refractivity contribution in [2.24, 2.45) is 5.10 Å². The molecule has 0 unspecified atom stereocenters. The Morgan fingerprint density at radius 3 is 2.26 bits per heavy atom. The molecule has 0 aliphatic heterocycles. The number of nitro groups is 1. The van der Waals surface area contributed by atoms with Crippen LogP contribution in [-0.4, -0.2) is 31.1 Å². The largest absolute Gasteiger partial charge is 0.378 e. The first-order chi connectivity index (χ1) is 11.0. The molecule has 0 heterocycles. The van der Waals surface area contributed by atoms with Gasteiger partial charge in [-0.3, -0.25) is 14.9 Å². The molecular weight excluding hydrogens is 296 g/mol. The van der Waals surface area contributed by atoms with E-state index in [1.165, 1.54) is 30.5 Å². The van der Waals surface area contributed by atoms with Gasteiger partial charge in [-0.05, 0) is 29.8 Å². The smallest absolute Gasteiger partial charge is 0.271 e. The minimum Gasteiger partial charge on any atom is -0.378 e. The summed E-state index contributed by atoms with van der Waals surface area (Å²) in [5.41, 5.74) is 4.54. The van der Waals surface area contributed by atoms with Crippen molar-refractivity contribution in [3.63, 3.8) is 0 Å². The Balaban J connectivity index is 1.96. The summed E-state index contributed by atoms with van der Waals surface area (Å²) in [6.45, 7) is 0. The van der Waals surface area contributed by atoms with Crippen LogP contribution in [0.5, 0.6) is 0 Å². The summed E-state index contributed by atoms with van der Waals surface area (Å²) in [6, 6.07) is 13.0. The van der Waals surface area contributed by atoms with Gasteiger partial charge >= 0.3 is 0 Å². The van der Waals surface area contributed by atoms with Crippen LogP contribution in [0.1, 0.15) is 15.9 Å². The molecule has 7 nitrogen and oxygen atoms in total. The first-order valence-electron chi connectivity index (χ1n) is 6.82. The second kappa shape index (κ2) is 7.17. The molecule has 0 bridgehead atoms. The van der Waals surface area contributed by atoms with Crippen LogP contribution in [-0.2, 0) is 0 Å². The number of non-ortho nitro benzene ring substituents is 1. The molecule has 2 rings (SSSR count). The molecule has 118 valence electrons.